The number of amides is 1. The summed E-state index contributed by atoms with van der Waals surface area (Å²) in [6.45, 7) is 7.56. The molecule has 11 heteroatoms. The zero-order valence-electron chi connectivity index (χ0n) is 19.9. The Morgan fingerprint density at radius 3 is 2.29 bits per heavy atom. The van der Waals surface area contributed by atoms with Gasteiger partial charge < -0.3 is 19.3 Å². The van der Waals surface area contributed by atoms with E-state index in [1.165, 1.54) is 12.1 Å². The lowest BCUT2D eigenvalue weighted by atomic mass is 10.1. The highest BCUT2D eigenvalue weighted by Gasteiger charge is 2.26. The molecule has 10 nitrogen and oxygen atoms in total. The lowest BCUT2D eigenvalue weighted by Crippen LogP contribution is -2.52. The number of nitro benzene ring substituents is 1. The maximum atomic E-state index is 12.6. The molecule has 0 radical (unpaired) electrons. The maximum absolute atomic E-state index is 12.6. The number of carbonyl (C=O) groups excluding carboxylic acids is 2. The van der Waals surface area contributed by atoms with Crippen LogP contribution in [0.2, 0.25) is 0 Å². The fourth-order valence-corrected chi connectivity index (χ4v) is 3.91. The number of hydrogen-bond acceptors (Lipinski definition) is 8. The molecule has 1 aliphatic heterocycles. The number of piperazine rings is 1. The molecule has 3 rings (SSSR count). The number of thiocarbonyl (C=S) groups is 1. The molecule has 0 saturated carbocycles. The average molecular weight is 501 g/mol. The fraction of sp³-hybridized carbons (Fsp3) is 0.375. The van der Waals surface area contributed by atoms with Gasteiger partial charge in [-0.1, -0.05) is 0 Å². The maximum Gasteiger partial charge on any atom is 0.338 e. The first-order valence-corrected chi connectivity index (χ1v) is 11.7. The zero-order chi connectivity index (χ0) is 25.5. The summed E-state index contributed by atoms with van der Waals surface area (Å²) in [5.41, 5.74) is 0.846. The summed E-state index contributed by atoms with van der Waals surface area (Å²) in [6.07, 6.45) is 0.0397. The zero-order valence-corrected chi connectivity index (χ0v) is 20.7. The number of esters is 1. The molecule has 2 aromatic rings. The highest BCUT2D eigenvalue weighted by atomic mass is 32.1. The second-order valence-corrected chi connectivity index (χ2v) is 8.49. The SMILES string of the molecule is CCOC(=O)c1ccc(N2CCN(C(=S)NC(=O)c3ccc(OC(C)C)cc3)CC2)c([N+](=O)[O-])c1. The van der Waals surface area contributed by atoms with Crippen LogP contribution in [0.5, 0.6) is 5.75 Å². The topological polar surface area (TPSA) is 114 Å². The largest absolute Gasteiger partial charge is 0.491 e. The van der Waals surface area contributed by atoms with Gasteiger partial charge in [-0.25, -0.2) is 4.79 Å². The number of ether oxygens (including phenoxy) is 2. The van der Waals surface area contributed by atoms with Crippen molar-refractivity contribution in [2.24, 2.45) is 0 Å². The van der Waals surface area contributed by atoms with Gasteiger partial charge >= 0.3 is 5.97 Å². The van der Waals surface area contributed by atoms with Gasteiger partial charge in [0.2, 0.25) is 0 Å². The highest BCUT2D eigenvalue weighted by molar-refractivity contribution is 7.80. The first-order chi connectivity index (χ1) is 16.7. The smallest absolute Gasteiger partial charge is 0.338 e. The predicted molar refractivity (Wildman–Crippen MR) is 135 cm³/mol. The summed E-state index contributed by atoms with van der Waals surface area (Å²) in [4.78, 5) is 39.4. The Morgan fingerprint density at radius 2 is 1.71 bits per heavy atom. The van der Waals surface area contributed by atoms with Crippen molar-refractivity contribution in [1.82, 2.24) is 10.2 Å². The van der Waals surface area contributed by atoms with Crippen LogP contribution in [0.15, 0.2) is 42.5 Å². The molecule has 1 heterocycles. The van der Waals surface area contributed by atoms with Crippen molar-refractivity contribution in [3.8, 4) is 5.75 Å². The number of carbonyl (C=O) groups is 2. The summed E-state index contributed by atoms with van der Waals surface area (Å²) >= 11 is 5.42. The van der Waals surface area contributed by atoms with Gasteiger partial charge in [-0.3, -0.25) is 20.2 Å². The predicted octanol–water partition coefficient (Wildman–Crippen LogP) is 3.40. The van der Waals surface area contributed by atoms with Gasteiger partial charge in [0, 0.05) is 37.8 Å². The Bertz CT molecular complexity index is 1100. The number of nitrogens with zero attached hydrogens (tertiary/aromatic N) is 3. The van der Waals surface area contributed by atoms with E-state index in [-0.39, 0.29) is 29.9 Å². The lowest BCUT2D eigenvalue weighted by molar-refractivity contribution is -0.384. The van der Waals surface area contributed by atoms with E-state index in [2.05, 4.69) is 5.32 Å². The summed E-state index contributed by atoms with van der Waals surface area (Å²) in [5.74, 6) is -0.242. The molecule has 1 fully saturated rings. The number of anilines is 1. The monoisotopic (exact) mass is 500 g/mol. The normalized spacial score (nSPS) is 13.4. The van der Waals surface area contributed by atoms with Crippen molar-refractivity contribution in [3.63, 3.8) is 0 Å². The van der Waals surface area contributed by atoms with Gasteiger partial charge in [-0.2, -0.15) is 0 Å². The van der Waals surface area contributed by atoms with Crippen LogP contribution in [0.3, 0.4) is 0 Å². The molecule has 35 heavy (non-hydrogen) atoms. The minimum absolute atomic E-state index is 0.0397. The molecule has 0 aliphatic carbocycles. The molecular weight excluding hydrogens is 472 g/mol. The van der Waals surface area contributed by atoms with E-state index in [0.717, 1.165) is 0 Å². The third-order valence-corrected chi connectivity index (χ3v) is 5.66. The van der Waals surface area contributed by atoms with Gasteiger partial charge in [0.1, 0.15) is 11.4 Å². The number of rotatable bonds is 7. The van der Waals surface area contributed by atoms with E-state index in [4.69, 9.17) is 21.7 Å². The van der Waals surface area contributed by atoms with Gasteiger partial charge in [0.05, 0.1) is 23.2 Å². The molecule has 2 aromatic carbocycles. The van der Waals surface area contributed by atoms with E-state index < -0.39 is 10.9 Å². The third-order valence-electron chi connectivity index (χ3n) is 5.30. The average Bonchev–Trinajstić information content (AvgIpc) is 2.84. The Labute approximate surface area is 208 Å². The molecular formula is C24H28N4O6S. The first-order valence-electron chi connectivity index (χ1n) is 11.3. The van der Waals surface area contributed by atoms with Gasteiger partial charge in [0.25, 0.3) is 11.6 Å². The summed E-state index contributed by atoms with van der Waals surface area (Å²) in [5, 5.41) is 14.7. The van der Waals surface area contributed by atoms with Crippen molar-refractivity contribution in [2.75, 3.05) is 37.7 Å². The van der Waals surface area contributed by atoms with Crippen molar-refractivity contribution in [1.29, 1.82) is 0 Å². The molecule has 186 valence electrons. The Morgan fingerprint density at radius 1 is 1.09 bits per heavy atom. The van der Waals surface area contributed by atoms with Crippen LogP contribution in [-0.4, -0.2) is 65.7 Å². The molecule has 0 unspecified atom stereocenters. The van der Waals surface area contributed by atoms with Crippen LogP contribution in [0.25, 0.3) is 0 Å². The minimum Gasteiger partial charge on any atom is -0.491 e. The summed E-state index contributed by atoms with van der Waals surface area (Å²) in [6, 6.07) is 11.1. The minimum atomic E-state index is -0.602. The summed E-state index contributed by atoms with van der Waals surface area (Å²) < 4.78 is 10.5. The number of hydrogen-bond donors (Lipinski definition) is 1. The van der Waals surface area contributed by atoms with Crippen molar-refractivity contribution in [2.45, 2.75) is 26.9 Å². The second kappa shape index (κ2) is 11.6. The van der Waals surface area contributed by atoms with E-state index in [1.54, 1.807) is 37.3 Å². The quantitative estimate of drug-likeness (QED) is 0.264. The van der Waals surface area contributed by atoms with E-state index >= 15 is 0 Å². The molecule has 1 aliphatic rings. The lowest BCUT2D eigenvalue weighted by Gasteiger charge is -2.37. The number of nitro groups is 1. The van der Waals surface area contributed by atoms with Gasteiger partial charge in [-0.05, 0) is 69.4 Å². The molecule has 1 saturated heterocycles. The highest BCUT2D eigenvalue weighted by Crippen LogP contribution is 2.30. The third kappa shape index (κ3) is 6.66. The molecule has 1 N–H and O–H groups in total. The first kappa shape index (κ1) is 25.9. The van der Waals surface area contributed by atoms with Crippen molar-refractivity contribution in [3.05, 3.63) is 63.7 Å². The van der Waals surface area contributed by atoms with E-state index in [9.17, 15) is 19.7 Å². The van der Waals surface area contributed by atoms with E-state index in [0.29, 0.717) is 48.3 Å². The molecule has 0 spiro atoms. The Kier molecular flexibility index (Phi) is 8.58. The number of nitrogens with one attached hydrogen (secondary N) is 1. The molecule has 0 aromatic heterocycles. The Balaban J connectivity index is 1.60. The molecule has 0 bridgehead atoms. The van der Waals surface area contributed by atoms with Crippen molar-refractivity contribution < 1.29 is 24.0 Å². The van der Waals surface area contributed by atoms with Crippen molar-refractivity contribution >= 4 is 40.6 Å². The summed E-state index contributed by atoms with van der Waals surface area (Å²) in [7, 11) is 0. The van der Waals surface area contributed by atoms with Crippen LogP contribution in [-0.2, 0) is 4.74 Å². The van der Waals surface area contributed by atoms with Crippen LogP contribution in [0.1, 0.15) is 41.5 Å². The standard InChI is InChI=1S/C24H28N4O6S/c1-4-33-23(30)18-7-10-20(21(15-18)28(31)32)26-11-13-27(14-12-26)24(35)25-22(29)17-5-8-19(9-6-17)34-16(2)3/h5-10,15-16H,4,11-14H2,1-3H3,(H,25,29,35). The van der Waals surface area contributed by atoms with Crippen LogP contribution in [0.4, 0.5) is 11.4 Å². The van der Waals surface area contributed by atoms with Gasteiger partial charge in [-0.15, -0.1) is 0 Å². The van der Waals surface area contributed by atoms with E-state index in [1.807, 2.05) is 23.6 Å². The fourth-order valence-electron chi connectivity index (χ4n) is 3.63. The van der Waals surface area contributed by atoms with Crippen LogP contribution < -0.4 is 15.0 Å². The van der Waals surface area contributed by atoms with Crippen LogP contribution >= 0.6 is 12.2 Å². The molecule has 0 atom stereocenters. The van der Waals surface area contributed by atoms with Crippen LogP contribution in [0, 0.1) is 10.1 Å². The number of benzene rings is 2. The second-order valence-electron chi connectivity index (χ2n) is 8.11. The Hall–Kier alpha value is -3.73. The van der Waals surface area contributed by atoms with Gasteiger partial charge in [0.15, 0.2) is 5.11 Å². The molecule has 1 amide bonds.